The summed E-state index contributed by atoms with van der Waals surface area (Å²) in [5.41, 5.74) is 0. The van der Waals surface area contributed by atoms with Crippen LogP contribution >= 0.6 is 0 Å². The first-order chi connectivity index (χ1) is 7.65. The summed E-state index contributed by atoms with van der Waals surface area (Å²) in [5, 5.41) is 3.58. The van der Waals surface area contributed by atoms with E-state index >= 15 is 0 Å². The van der Waals surface area contributed by atoms with Crippen LogP contribution in [0.4, 0.5) is 0 Å². The molecule has 1 fully saturated rings. The van der Waals surface area contributed by atoms with Gasteiger partial charge in [0.05, 0.1) is 12.2 Å². The van der Waals surface area contributed by atoms with Gasteiger partial charge in [-0.15, -0.1) is 0 Å². The molecule has 16 heavy (non-hydrogen) atoms. The van der Waals surface area contributed by atoms with Gasteiger partial charge in [0.1, 0.15) is 0 Å². The van der Waals surface area contributed by atoms with Crippen LogP contribution in [-0.4, -0.2) is 49.3 Å². The first-order valence-corrected chi connectivity index (χ1v) is 6.76. The van der Waals surface area contributed by atoms with Crippen molar-refractivity contribution in [1.82, 2.24) is 10.2 Å². The van der Waals surface area contributed by atoms with Gasteiger partial charge in [0.15, 0.2) is 0 Å². The van der Waals surface area contributed by atoms with Crippen LogP contribution in [0, 0.1) is 0 Å². The topological polar surface area (TPSA) is 24.5 Å². The molecule has 0 radical (unpaired) electrons. The summed E-state index contributed by atoms with van der Waals surface area (Å²) < 4.78 is 5.76. The van der Waals surface area contributed by atoms with Crippen LogP contribution in [0.3, 0.4) is 0 Å². The molecule has 1 saturated heterocycles. The monoisotopic (exact) mass is 228 g/mol. The predicted octanol–water partition coefficient (Wildman–Crippen LogP) is 1.87. The van der Waals surface area contributed by atoms with Crippen molar-refractivity contribution in [1.29, 1.82) is 0 Å². The maximum atomic E-state index is 5.76. The molecule has 0 bridgehead atoms. The molecule has 0 saturated carbocycles. The number of ether oxygens (including phenoxy) is 1. The lowest BCUT2D eigenvalue weighted by molar-refractivity contribution is -0.0699. The molecule has 1 heterocycles. The van der Waals surface area contributed by atoms with Gasteiger partial charge in [-0.05, 0) is 26.8 Å². The minimum Gasteiger partial charge on any atom is -0.373 e. The van der Waals surface area contributed by atoms with E-state index < -0.39 is 0 Å². The molecule has 0 aromatic heterocycles. The van der Waals surface area contributed by atoms with Crippen LogP contribution in [0.25, 0.3) is 0 Å². The molecule has 0 aromatic rings. The largest absolute Gasteiger partial charge is 0.373 e. The molecule has 3 heteroatoms. The van der Waals surface area contributed by atoms with Crippen LogP contribution < -0.4 is 5.32 Å². The highest BCUT2D eigenvalue weighted by Gasteiger charge is 2.23. The van der Waals surface area contributed by atoms with E-state index in [9.17, 15) is 0 Å². The molecule has 0 aliphatic carbocycles. The summed E-state index contributed by atoms with van der Waals surface area (Å²) in [7, 11) is 0. The number of likely N-dealkylation sites (N-methyl/N-ethyl adjacent to an activating group) is 1. The zero-order chi connectivity index (χ0) is 12.0. The van der Waals surface area contributed by atoms with Crippen molar-refractivity contribution in [3.05, 3.63) is 0 Å². The summed E-state index contributed by atoms with van der Waals surface area (Å²) >= 11 is 0. The quantitative estimate of drug-likeness (QED) is 0.751. The fourth-order valence-corrected chi connectivity index (χ4v) is 2.64. The number of morpholine rings is 1. The Morgan fingerprint density at radius 3 is 2.38 bits per heavy atom. The van der Waals surface area contributed by atoms with Crippen LogP contribution in [0.1, 0.15) is 40.5 Å². The Bertz CT molecular complexity index is 171. The molecule has 96 valence electrons. The first-order valence-electron chi connectivity index (χ1n) is 6.76. The SMILES string of the molecule is CCCC(CN1C[C@@H](C)O[C@@H](C)C1)NCC. The van der Waals surface area contributed by atoms with E-state index in [0.29, 0.717) is 18.2 Å². The summed E-state index contributed by atoms with van der Waals surface area (Å²) in [5.74, 6) is 0. The predicted molar refractivity (Wildman–Crippen MR) is 68.8 cm³/mol. The molecule has 0 amide bonds. The molecule has 1 aliphatic rings. The lowest BCUT2D eigenvalue weighted by Gasteiger charge is -2.37. The smallest absolute Gasteiger partial charge is 0.0678 e. The summed E-state index contributed by atoms with van der Waals surface area (Å²) in [6.45, 7) is 13.2. The normalized spacial score (nSPS) is 29.2. The van der Waals surface area contributed by atoms with Crippen LogP contribution in [0.5, 0.6) is 0 Å². The minimum absolute atomic E-state index is 0.382. The standard InChI is InChI=1S/C13H28N2O/c1-5-7-13(14-6-2)10-15-8-11(3)16-12(4)9-15/h11-14H,5-10H2,1-4H3/t11-,12+,13?. The van der Waals surface area contributed by atoms with Crippen molar-refractivity contribution in [3.63, 3.8) is 0 Å². The molecule has 0 spiro atoms. The highest BCUT2D eigenvalue weighted by molar-refractivity contribution is 4.78. The summed E-state index contributed by atoms with van der Waals surface area (Å²) in [6, 6.07) is 0.646. The average molecular weight is 228 g/mol. The molecule has 0 aromatic carbocycles. The fourth-order valence-electron chi connectivity index (χ4n) is 2.64. The zero-order valence-electron chi connectivity index (χ0n) is 11.3. The Kier molecular flexibility index (Phi) is 6.32. The number of nitrogens with one attached hydrogen (secondary N) is 1. The third kappa shape index (κ3) is 4.81. The van der Waals surface area contributed by atoms with Gasteiger partial charge in [0.2, 0.25) is 0 Å². The highest BCUT2D eigenvalue weighted by atomic mass is 16.5. The Balaban J connectivity index is 2.37. The number of nitrogens with zero attached hydrogens (tertiary/aromatic N) is 1. The van der Waals surface area contributed by atoms with Crippen molar-refractivity contribution < 1.29 is 4.74 Å². The minimum atomic E-state index is 0.382. The van der Waals surface area contributed by atoms with E-state index in [-0.39, 0.29) is 0 Å². The highest BCUT2D eigenvalue weighted by Crippen LogP contribution is 2.12. The number of rotatable bonds is 6. The van der Waals surface area contributed by atoms with Gasteiger partial charge in [-0.3, -0.25) is 4.90 Å². The van der Waals surface area contributed by atoms with Crippen LogP contribution in [0.2, 0.25) is 0 Å². The lowest BCUT2D eigenvalue weighted by Crippen LogP contribution is -2.50. The Morgan fingerprint density at radius 1 is 1.25 bits per heavy atom. The molecule has 1 aliphatic heterocycles. The number of hydrogen-bond donors (Lipinski definition) is 1. The van der Waals surface area contributed by atoms with E-state index in [1.54, 1.807) is 0 Å². The second kappa shape index (κ2) is 7.25. The van der Waals surface area contributed by atoms with Gasteiger partial charge in [-0.25, -0.2) is 0 Å². The molecule has 3 atom stereocenters. The Morgan fingerprint density at radius 2 is 1.88 bits per heavy atom. The van der Waals surface area contributed by atoms with E-state index in [4.69, 9.17) is 4.74 Å². The van der Waals surface area contributed by atoms with Gasteiger partial charge in [0.25, 0.3) is 0 Å². The third-order valence-corrected chi connectivity index (χ3v) is 3.10. The van der Waals surface area contributed by atoms with E-state index in [2.05, 4.69) is 37.9 Å². The maximum absolute atomic E-state index is 5.76. The van der Waals surface area contributed by atoms with Crippen molar-refractivity contribution in [3.8, 4) is 0 Å². The van der Waals surface area contributed by atoms with Gasteiger partial charge in [-0.1, -0.05) is 20.3 Å². The fraction of sp³-hybridized carbons (Fsp3) is 1.00. The molecular weight excluding hydrogens is 200 g/mol. The summed E-state index contributed by atoms with van der Waals surface area (Å²) in [4.78, 5) is 2.54. The molecule has 1 rings (SSSR count). The maximum Gasteiger partial charge on any atom is 0.0678 e. The molecular formula is C13H28N2O. The van der Waals surface area contributed by atoms with Crippen molar-refractivity contribution in [2.24, 2.45) is 0 Å². The second-order valence-electron chi connectivity index (χ2n) is 5.02. The van der Waals surface area contributed by atoms with E-state index in [1.807, 2.05) is 0 Å². The van der Waals surface area contributed by atoms with Gasteiger partial charge in [0, 0.05) is 25.7 Å². The molecule has 3 nitrogen and oxygen atoms in total. The second-order valence-corrected chi connectivity index (χ2v) is 5.02. The molecule has 1 N–H and O–H groups in total. The number of hydrogen-bond acceptors (Lipinski definition) is 3. The Hall–Kier alpha value is -0.120. The van der Waals surface area contributed by atoms with Crippen molar-refractivity contribution in [2.45, 2.75) is 58.8 Å². The van der Waals surface area contributed by atoms with Gasteiger partial charge in [-0.2, -0.15) is 0 Å². The average Bonchev–Trinajstić information content (AvgIpc) is 2.16. The van der Waals surface area contributed by atoms with Crippen molar-refractivity contribution >= 4 is 0 Å². The zero-order valence-corrected chi connectivity index (χ0v) is 11.3. The Labute approximate surface area is 101 Å². The molecule has 1 unspecified atom stereocenters. The van der Waals surface area contributed by atoms with Crippen LogP contribution in [0.15, 0.2) is 0 Å². The van der Waals surface area contributed by atoms with Gasteiger partial charge >= 0.3 is 0 Å². The first kappa shape index (κ1) is 13.9. The van der Waals surface area contributed by atoms with E-state index in [1.165, 1.54) is 19.4 Å². The summed E-state index contributed by atoms with van der Waals surface area (Å²) in [6.07, 6.45) is 3.29. The van der Waals surface area contributed by atoms with Crippen LogP contribution in [-0.2, 0) is 4.74 Å². The van der Waals surface area contributed by atoms with E-state index in [0.717, 1.165) is 19.6 Å². The lowest BCUT2D eigenvalue weighted by atomic mass is 10.1. The third-order valence-electron chi connectivity index (χ3n) is 3.10. The van der Waals surface area contributed by atoms with Crippen molar-refractivity contribution in [2.75, 3.05) is 26.2 Å². The van der Waals surface area contributed by atoms with Gasteiger partial charge < -0.3 is 10.1 Å².